The molecule has 1 saturated carbocycles. The highest BCUT2D eigenvalue weighted by atomic mass is 79.9. The second kappa shape index (κ2) is 2.28. The Morgan fingerprint density at radius 1 is 1.50 bits per heavy atom. The minimum Gasteiger partial charge on any atom is -0.488 e. The Bertz CT molecular complexity index is 320. The molecular weight excluding hydrogens is 218 g/mol. The average molecular weight is 228 g/mol. The molecule has 0 spiro atoms. The minimum absolute atomic E-state index is 0.473. The highest BCUT2D eigenvalue weighted by Crippen LogP contribution is 2.49. The van der Waals surface area contributed by atoms with E-state index in [9.17, 15) is 0 Å². The summed E-state index contributed by atoms with van der Waals surface area (Å²) in [6, 6.07) is 0. The molecule has 1 aromatic rings. The number of hydrogen-bond acceptors (Lipinski definition) is 1. The smallest absolute Gasteiger partial charge is 0.141 e. The summed E-state index contributed by atoms with van der Waals surface area (Å²) in [7, 11) is 0. The van der Waals surface area contributed by atoms with Crippen molar-refractivity contribution in [2.45, 2.75) is 31.3 Å². The molecule has 2 heterocycles. The van der Waals surface area contributed by atoms with Crippen LogP contribution in [0.25, 0.3) is 0 Å². The van der Waals surface area contributed by atoms with E-state index in [1.54, 1.807) is 0 Å². The van der Waals surface area contributed by atoms with Gasteiger partial charge in [0.15, 0.2) is 0 Å². The van der Waals surface area contributed by atoms with Gasteiger partial charge < -0.3 is 9.72 Å². The summed E-state index contributed by atoms with van der Waals surface area (Å²) >= 11 is 3.52. The summed E-state index contributed by atoms with van der Waals surface area (Å²) in [5, 5.41) is 0. The molecule has 0 saturated heterocycles. The van der Waals surface area contributed by atoms with Crippen molar-refractivity contribution in [3.05, 3.63) is 16.4 Å². The normalized spacial score (nSPS) is 31.4. The highest BCUT2D eigenvalue weighted by molar-refractivity contribution is 9.10. The molecule has 2 aliphatic rings. The minimum atomic E-state index is 0.473. The molecule has 2 unspecified atom stereocenters. The maximum Gasteiger partial charge on any atom is 0.141 e. The van der Waals surface area contributed by atoms with Gasteiger partial charge in [-0.25, -0.2) is 0 Å². The van der Waals surface area contributed by atoms with Crippen molar-refractivity contribution < 1.29 is 4.74 Å². The first kappa shape index (κ1) is 7.01. The lowest BCUT2D eigenvalue weighted by Gasteiger charge is -2.08. The summed E-state index contributed by atoms with van der Waals surface area (Å²) in [6.07, 6.45) is 6.25. The third-order valence-corrected chi connectivity index (χ3v) is 3.59. The van der Waals surface area contributed by atoms with Gasteiger partial charge in [-0.1, -0.05) is 0 Å². The van der Waals surface area contributed by atoms with E-state index in [1.165, 1.54) is 24.8 Å². The first-order chi connectivity index (χ1) is 5.86. The molecule has 3 heteroatoms. The molecule has 1 N–H and O–H groups in total. The fourth-order valence-corrected chi connectivity index (χ4v) is 3.00. The first-order valence-electron chi connectivity index (χ1n) is 4.39. The van der Waals surface area contributed by atoms with Gasteiger partial charge in [0.2, 0.25) is 0 Å². The molecule has 1 aromatic heterocycles. The van der Waals surface area contributed by atoms with Crippen LogP contribution in [0, 0.1) is 0 Å². The van der Waals surface area contributed by atoms with Gasteiger partial charge in [-0.2, -0.15) is 0 Å². The number of ether oxygens (including phenoxy) is 1. The van der Waals surface area contributed by atoms with Gasteiger partial charge in [0.05, 0.1) is 4.60 Å². The Hall–Kier alpha value is -0.440. The lowest BCUT2D eigenvalue weighted by Crippen LogP contribution is -2.11. The zero-order chi connectivity index (χ0) is 8.13. The Morgan fingerprint density at radius 2 is 2.42 bits per heavy atom. The van der Waals surface area contributed by atoms with E-state index < -0.39 is 0 Å². The summed E-state index contributed by atoms with van der Waals surface area (Å²) in [5.74, 6) is 1.72. The Kier molecular flexibility index (Phi) is 1.33. The van der Waals surface area contributed by atoms with Crippen LogP contribution < -0.4 is 4.74 Å². The zero-order valence-electron chi connectivity index (χ0n) is 6.64. The number of H-pyrrole nitrogens is 1. The van der Waals surface area contributed by atoms with Crippen LogP contribution in [0.15, 0.2) is 10.8 Å². The van der Waals surface area contributed by atoms with E-state index in [-0.39, 0.29) is 0 Å². The van der Waals surface area contributed by atoms with Crippen LogP contribution in [-0.4, -0.2) is 11.1 Å². The third-order valence-electron chi connectivity index (χ3n) is 2.93. The third kappa shape index (κ3) is 0.750. The van der Waals surface area contributed by atoms with Crippen LogP contribution in [0.4, 0.5) is 0 Å². The predicted octanol–water partition coefficient (Wildman–Crippen LogP) is 2.81. The predicted molar refractivity (Wildman–Crippen MR) is 49.5 cm³/mol. The van der Waals surface area contributed by atoms with E-state index in [2.05, 4.69) is 20.9 Å². The molecule has 2 nitrogen and oxygen atoms in total. The zero-order valence-corrected chi connectivity index (χ0v) is 8.23. The van der Waals surface area contributed by atoms with Gasteiger partial charge in [-0.3, -0.25) is 0 Å². The van der Waals surface area contributed by atoms with Gasteiger partial charge in [0.1, 0.15) is 11.9 Å². The van der Waals surface area contributed by atoms with Crippen LogP contribution >= 0.6 is 15.9 Å². The lowest BCUT2D eigenvalue weighted by molar-refractivity contribution is 0.224. The van der Waals surface area contributed by atoms with Gasteiger partial charge in [0.25, 0.3) is 0 Å². The Labute approximate surface area is 79.4 Å². The second-order valence-corrected chi connectivity index (χ2v) is 4.37. The summed E-state index contributed by atoms with van der Waals surface area (Å²) in [4.78, 5) is 3.14. The van der Waals surface area contributed by atoms with E-state index in [0.29, 0.717) is 12.0 Å². The highest BCUT2D eigenvalue weighted by Gasteiger charge is 2.40. The van der Waals surface area contributed by atoms with E-state index >= 15 is 0 Å². The summed E-state index contributed by atoms with van der Waals surface area (Å²) in [5.41, 5.74) is 1.37. The Balaban J connectivity index is 2.11. The van der Waals surface area contributed by atoms with Gasteiger partial charge in [-0.05, 0) is 35.2 Å². The number of nitrogens with one attached hydrogen (secondary N) is 1. The quantitative estimate of drug-likeness (QED) is 0.725. The lowest BCUT2D eigenvalue weighted by atomic mass is 10.0. The summed E-state index contributed by atoms with van der Waals surface area (Å²) < 4.78 is 6.91. The molecule has 0 aromatic carbocycles. The number of fused-ring (bicyclic) bond motifs is 3. The molecule has 0 radical (unpaired) electrons. The van der Waals surface area contributed by atoms with Crippen molar-refractivity contribution in [3.63, 3.8) is 0 Å². The SMILES string of the molecule is Brc1[nH]cc2c1C1CCCC1O2. The van der Waals surface area contributed by atoms with Crippen LogP contribution in [0.5, 0.6) is 5.75 Å². The van der Waals surface area contributed by atoms with Crippen molar-refractivity contribution in [2.75, 3.05) is 0 Å². The number of halogens is 1. The fourth-order valence-electron chi connectivity index (χ4n) is 2.40. The fraction of sp³-hybridized carbons (Fsp3) is 0.556. The number of aromatic amines is 1. The molecule has 1 aliphatic carbocycles. The second-order valence-electron chi connectivity index (χ2n) is 3.57. The van der Waals surface area contributed by atoms with Crippen LogP contribution in [0.3, 0.4) is 0 Å². The monoisotopic (exact) mass is 227 g/mol. The molecular formula is C9H10BrNO. The van der Waals surface area contributed by atoms with Gasteiger partial charge in [0, 0.05) is 17.7 Å². The molecule has 2 atom stereocenters. The van der Waals surface area contributed by atoms with Crippen molar-refractivity contribution in [1.82, 2.24) is 4.98 Å². The van der Waals surface area contributed by atoms with E-state index in [0.717, 1.165) is 10.4 Å². The van der Waals surface area contributed by atoms with Crippen molar-refractivity contribution in [1.29, 1.82) is 0 Å². The maximum atomic E-state index is 5.79. The Morgan fingerprint density at radius 3 is 3.33 bits per heavy atom. The molecule has 0 bridgehead atoms. The van der Waals surface area contributed by atoms with Crippen LogP contribution in [-0.2, 0) is 0 Å². The number of rotatable bonds is 0. The molecule has 64 valence electrons. The largest absolute Gasteiger partial charge is 0.488 e. The standard InChI is InChI=1S/C9H10BrNO/c10-9-8-5-2-1-3-6(5)12-7(8)4-11-9/h4-6,11H,1-3H2. The molecule has 1 fully saturated rings. The molecule has 3 rings (SSSR count). The van der Waals surface area contributed by atoms with E-state index in [4.69, 9.17) is 4.74 Å². The molecule has 0 amide bonds. The average Bonchev–Trinajstić information content (AvgIpc) is 2.61. The van der Waals surface area contributed by atoms with Crippen molar-refractivity contribution >= 4 is 15.9 Å². The van der Waals surface area contributed by atoms with Crippen LogP contribution in [0.1, 0.15) is 30.7 Å². The van der Waals surface area contributed by atoms with E-state index in [1.807, 2.05) is 6.20 Å². The first-order valence-corrected chi connectivity index (χ1v) is 5.19. The topological polar surface area (TPSA) is 25.0 Å². The summed E-state index contributed by atoms with van der Waals surface area (Å²) in [6.45, 7) is 0. The van der Waals surface area contributed by atoms with Crippen molar-refractivity contribution in [2.24, 2.45) is 0 Å². The molecule has 1 aliphatic heterocycles. The number of aromatic nitrogens is 1. The van der Waals surface area contributed by atoms with Crippen LogP contribution in [0.2, 0.25) is 0 Å². The van der Waals surface area contributed by atoms with Gasteiger partial charge >= 0.3 is 0 Å². The number of hydrogen-bond donors (Lipinski definition) is 1. The van der Waals surface area contributed by atoms with Gasteiger partial charge in [-0.15, -0.1) is 0 Å². The van der Waals surface area contributed by atoms with Crippen molar-refractivity contribution in [3.8, 4) is 5.75 Å². The maximum absolute atomic E-state index is 5.79. The molecule has 12 heavy (non-hydrogen) atoms.